The number of carbonyl (C=O) groups is 2. The van der Waals surface area contributed by atoms with E-state index in [1.165, 1.54) is 11.8 Å². The number of likely N-dealkylation sites (tertiary alicyclic amines) is 1. The van der Waals surface area contributed by atoms with Gasteiger partial charge in [-0.25, -0.2) is 0 Å². The largest absolute Gasteiger partial charge is 0.452 e. The molecule has 1 atom stereocenters. The molecule has 24 heavy (non-hydrogen) atoms. The van der Waals surface area contributed by atoms with Gasteiger partial charge in [-0.05, 0) is 38.8 Å². The van der Waals surface area contributed by atoms with Crippen molar-refractivity contribution in [3.05, 3.63) is 29.8 Å². The quantitative estimate of drug-likeness (QED) is 0.639. The summed E-state index contributed by atoms with van der Waals surface area (Å²) in [6.45, 7) is 5.44. The lowest BCUT2D eigenvalue weighted by molar-refractivity contribution is -0.150. The average molecular weight is 367 g/mol. The van der Waals surface area contributed by atoms with Gasteiger partial charge in [-0.3, -0.25) is 9.59 Å². The van der Waals surface area contributed by atoms with Crippen molar-refractivity contribution < 1.29 is 14.3 Å². The lowest BCUT2D eigenvalue weighted by Gasteiger charge is -2.18. The van der Waals surface area contributed by atoms with Gasteiger partial charge < -0.3 is 15.0 Å². The Morgan fingerprint density at radius 2 is 1.92 bits per heavy atom. The SMILES string of the molecule is Cc1ccc(NC(=O)[C@@H](C)OC(=O)CSC(=S)N2CCCC2)cc1. The number of anilines is 1. The van der Waals surface area contributed by atoms with Crippen molar-refractivity contribution in [2.45, 2.75) is 32.8 Å². The van der Waals surface area contributed by atoms with Crippen LogP contribution in [0.15, 0.2) is 24.3 Å². The summed E-state index contributed by atoms with van der Waals surface area (Å²) in [6, 6.07) is 7.43. The Kier molecular flexibility index (Phi) is 7.05. The molecule has 1 aliphatic heterocycles. The molecule has 1 aromatic carbocycles. The van der Waals surface area contributed by atoms with Crippen LogP contribution in [0, 0.1) is 6.92 Å². The molecule has 0 unspecified atom stereocenters. The Labute approximate surface area is 152 Å². The fourth-order valence-corrected chi connectivity index (χ4v) is 3.31. The van der Waals surface area contributed by atoms with Gasteiger partial charge in [-0.15, -0.1) is 0 Å². The molecule has 0 spiro atoms. The van der Waals surface area contributed by atoms with Crippen molar-refractivity contribution in [1.82, 2.24) is 4.90 Å². The molecule has 1 aliphatic rings. The van der Waals surface area contributed by atoms with Gasteiger partial charge in [-0.1, -0.05) is 41.7 Å². The van der Waals surface area contributed by atoms with Crippen LogP contribution >= 0.6 is 24.0 Å². The number of benzene rings is 1. The van der Waals surface area contributed by atoms with E-state index in [-0.39, 0.29) is 11.7 Å². The second-order valence-electron chi connectivity index (χ2n) is 5.74. The molecule has 1 aromatic rings. The predicted octanol–water partition coefficient (Wildman–Crippen LogP) is 2.98. The molecule has 1 saturated heterocycles. The third-order valence-electron chi connectivity index (χ3n) is 3.67. The zero-order valence-corrected chi connectivity index (χ0v) is 15.5. The van der Waals surface area contributed by atoms with Gasteiger partial charge in [0.25, 0.3) is 5.91 Å². The maximum absolute atomic E-state index is 12.1. The number of hydrogen-bond acceptors (Lipinski definition) is 5. The van der Waals surface area contributed by atoms with E-state index in [2.05, 4.69) is 10.2 Å². The van der Waals surface area contributed by atoms with Gasteiger partial charge >= 0.3 is 5.97 Å². The molecule has 1 amide bonds. The van der Waals surface area contributed by atoms with Crippen molar-refractivity contribution in [2.75, 3.05) is 24.2 Å². The number of nitrogens with zero attached hydrogens (tertiary/aromatic N) is 1. The van der Waals surface area contributed by atoms with Crippen molar-refractivity contribution >= 4 is 45.9 Å². The number of amides is 1. The van der Waals surface area contributed by atoms with Crippen LogP contribution in [-0.2, 0) is 14.3 Å². The molecule has 1 N–H and O–H groups in total. The van der Waals surface area contributed by atoms with Crippen molar-refractivity contribution in [2.24, 2.45) is 0 Å². The second kappa shape index (κ2) is 9.03. The number of hydrogen-bond donors (Lipinski definition) is 1. The van der Waals surface area contributed by atoms with E-state index < -0.39 is 12.1 Å². The van der Waals surface area contributed by atoms with Crippen LogP contribution in [0.3, 0.4) is 0 Å². The first kappa shape index (κ1) is 18.7. The maximum Gasteiger partial charge on any atom is 0.317 e. The second-order valence-corrected chi connectivity index (χ2v) is 7.35. The van der Waals surface area contributed by atoms with Crippen LogP contribution in [0.5, 0.6) is 0 Å². The van der Waals surface area contributed by atoms with Gasteiger partial charge in [0, 0.05) is 18.8 Å². The standard InChI is InChI=1S/C17H22N2O3S2/c1-12-5-7-14(8-6-12)18-16(21)13(2)22-15(20)11-24-17(23)19-9-3-4-10-19/h5-8,13H,3-4,9-11H2,1-2H3,(H,18,21)/t13-/m1/s1. The highest BCUT2D eigenvalue weighted by Crippen LogP contribution is 2.16. The highest BCUT2D eigenvalue weighted by molar-refractivity contribution is 8.23. The first-order valence-electron chi connectivity index (χ1n) is 7.94. The first-order chi connectivity index (χ1) is 11.5. The highest BCUT2D eigenvalue weighted by atomic mass is 32.2. The molecular weight excluding hydrogens is 344 g/mol. The van der Waals surface area contributed by atoms with Gasteiger partial charge in [0.1, 0.15) is 4.32 Å². The molecule has 5 nitrogen and oxygen atoms in total. The predicted molar refractivity (Wildman–Crippen MR) is 101 cm³/mol. The van der Waals surface area contributed by atoms with E-state index in [0.29, 0.717) is 5.69 Å². The van der Waals surface area contributed by atoms with Crippen molar-refractivity contribution in [3.8, 4) is 0 Å². The van der Waals surface area contributed by atoms with E-state index in [1.807, 2.05) is 31.2 Å². The van der Waals surface area contributed by atoms with Gasteiger partial charge in [0.05, 0.1) is 5.75 Å². The minimum Gasteiger partial charge on any atom is -0.452 e. The molecule has 7 heteroatoms. The summed E-state index contributed by atoms with van der Waals surface area (Å²) in [7, 11) is 0. The first-order valence-corrected chi connectivity index (χ1v) is 9.34. The molecule has 2 rings (SSSR count). The zero-order chi connectivity index (χ0) is 17.5. The number of aryl methyl sites for hydroxylation is 1. The van der Waals surface area contributed by atoms with E-state index in [1.54, 1.807) is 6.92 Å². The number of nitrogens with one attached hydrogen (secondary N) is 1. The fraction of sp³-hybridized carbons (Fsp3) is 0.471. The Morgan fingerprint density at radius 3 is 2.54 bits per heavy atom. The van der Waals surface area contributed by atoms with Crippen LogP contribution in [0.4, 0.5) is 5.69 Å². The average Bonchev–Trinajstić information content (AvgIpc) is 3.09. The third-order valence-corrected chi connectivity index (χ3v) is 5.17. The summed E-state index contributed by atoms with van der Waals surface area (Å²) in [5.41, 5.74) is 1.79. The van der Waals surface area contributed by atoms with Crippen LogP contribution in [0.2, 0.25) is 0 Å². The normalized spacial score (nSPS) is 15.0. The van der Waals surface area contributed by atoms with Gasteiger partial charge in [-0.2, -0.15) is 0 Å². The minimum atomic E-state index is -0.847. The molecule has 1 fully saturated rings. The molecule has 0 aromatic heterocycles. The number of rotatable bonds is 5. The number of thioether (sulfide) groups is 1. The topological polar surface area (TPSA) is 58.6 Å². The monoisotopic (exact) mass is 366 g/mol. The molecular formula is C17H22N2O3S2. The van der Waals surface area contributed by atoms with Crippen LogP contribution in [0.25, 0.3) is 0 Å². The molecule has 130 valence electrons. The summed E-state index contributed by atoms with van der Waals surface area (Å²) in [6.07, 6.45) is 1.43. The number of ether oxygens (including phenoxy) is 1. The van der Waals surface area contributed by atoms with Crippen LogP contribution < -0.4 is 5.32 Å². The number of esters is 1. The van der Waals surface area contributed by atoms with Crippen LogP contribution in [0.1, 0.15) is 25.3 Å². The van der Waals surface area contributed by atoms with Crippen molar-refractivity contribution in [3.63, 3.8) is 0 Å². The van der Waals surface area contributed by atoms with Gasteiger partial charge in [0.2, 0.25) is 0 Å². The Balaban J connectivity index is 1.72. The molecule has 0 saturated carbocycles. The number of carbonyl (C=O) groups excluding carboxylic acids is 2. The van der Waals surface area contributed by atoms with E-state index in [9.17, 15) is 9.59 Å². The highest BCUT2D eigenvalue weighted by Gasteiger charge is 2.20. The van der Waals surface area contributed by atoms with E-state index in [0.717, 1.165) is 35.8 Å². The summed E-state index contributed by atoms with van der Waals surface area (Å²) in [5.74, 6) is -0.662. The fourth-order valence-electron chi connectivity index (χ4n) is 2.28. The van der Waals surface area contributed by atoms with E-state index in [4.69, 9.17) is 17.0 Å². The lowest BCUT2D eigenvalue weighted by atomic mass is 10.2. The van der Waals surface area contributed by atoms with Crippen molar-refractivity contribution in [1.29, 1.82) is 0 Å². The maximum atomic E-state index is 12.1. The lowest BCUT2D eigenvalue weighted by Crippen LogP contribution is -2.31. The summed E-state index contributed by atoms with van der Waals surface area (Å²) in [4.78, 5) is 26.0. The molecule has 1 heterocycles. The van der Waals surface area contributed by atoms with Gasteiger partial charge in [0.15, 0.2) is 6.10 Å². The third kappa shape index (κ3) is 5.79. The molecule has 0 aliphatic carbocycles. The Bertz CT molecular complexity index is 598. The van der Waals surface area contributed by atoms with Crippen LogP contribution in [-0.4, -0.2) is 46.0 Å². The Morgan fingerprint density at radius 1 is 1.29 bits per heavy atom. The molecule has 0 bridgehead atoms. The summed E-state index contributed by atoms with van der Waals surface area (Å²) < 4.78 is 5.89. The number of thiocarbonyl (C=S) groups is 1. The zero-order valence-electron chi connectivity index (χ0n) is 13.9. The minimum absolute atomic E-state index is 0.123. The van der Waals surface area contributed by atoms with E-state index >= 15 is 0 Å². The molecule has 0 radical (unpaired) electrons. The summed E-state index contributed by atoms with van der Waals surface area (Å²) in [5, 5.41) is 2.73. The Hall–Kier alpha value is -1.60. The summed E-state index contributed by atoms with van der Waals surface area (Å²) >= 11 is 6.59. The smallest absolute Gasteiger partial charge is 0.317 e.